The van der Waals surface area contributed by atoms with Crippen molar-refractivity contribution >= 4 is 0 Å². The van der Waals surface area contributed by atoms with Crippen LogP contribution in [0.3, 0.4) is 0 Å². The van der Waals surface area contributed by atoms with Gasteiger partial charge in [-0.3, -0.25) is 0 Å². The molecule has 0 spiro atoms. The predicted molar refractivity (Wildman–Crippen MR) is 74.6 cm³/mol. The van der Waals surface area contributed by atoms with Gasteiger partial charge in [0, 0.05) is 26.9 Å². The van der Waals surface area contributed by atoms with E-state index in [2.05, 4.69) is 12.1 Å². The lowest BCUT2D eigenvalue weighted by molar-refractivity contribution is -0.364. The molecule has 0 unspecified atom stereocenters. The first-order chi connectivity index (χ1) is 9.25. The van der Waals surface area contributed by atoms with E-state index in [9.17, 15) is 0 Å². The number of rotatable bonds is 5. The van der Waals surface area contributed by atoms with Gasteiger partial charge in [-0.15, -0.1) is 0 Å². The lowest BCUT2D eigenvalue weighted by Gasteiger charge is -2.29. The van der Waals surface area contributed by atoms with E-state index in [1.54, 1.807) is 21.3 Å². The van der Waals surface area contributed by atoms with Crippen LogP contribution in [0.25, 0.3) is 11.1 Å². The Hall–Kier alpha value is -1.68. The van der Waals surface area contributed by atoms with Crippen LogP contribution in [0.15, 0.2) is 54.6 Å². The standard InChI is InChI=1S/C16H18O3/c1-17-16(18-2,19-3)15-11-7-10-14(12-15)13-8-5-4-6-9-13/h4-12H,1-3H3. The van der Waals surface area contributed by atoms with Crippen LogP contribution in [0.2, 0.25) is 0 Å². The van der Waals surface area contributed by atoms with Gasteiger partial charge >= 0.3 is 5.97 Å². The summed E-state index contributed by atoms with van der Waals surface area (Å²) in [5, 5.41) is 0. The normalized spacial score (nSPS) is 11.5. The SMILES string of the molecule is COC(OC)(OC)c1cccc(-c2ccccc2)c1. The molecule has 100 valence electrons. The molecule has 0 atom stereocenters. The van der Waals surface area contributed by atoms with Crippen molar-refractivity contribution in [1.29, 1.82) is 0 Å². The Morgan fingerprint density at radius 3 is 1.84 bits per heavy atom. The fourth-order valence-corrected chi connectivity index (χ4v) is 2.12. The lowest BCUT2D eigenvalue weighted by Crippen LogP contribution is -2.32. The van der Waals surface area contributed by atoms with Crippen LogP contribution in [0.4, 0.5) is 0 Å². The smallest absolute Gasteiger partial charge is 0.311 e. The Morgan fingerprint density at radius 1 is 0.684 bits per heavy atom. The van der Waals surface area contributed by atoms with Crippen molar-refractivity contribution < 1.29 is 14.2 Å². The zero-order valence-electron chi connectivity index (χ0n) is 11.4. The van der Waals surface area contributed by atoms with Crippen LogP contribution in [0, 0.1) is 0 Å². The van der Waals surface area contributed by atoms with Crippen LogP contribution in [-0.2, 0) is 20.2 Å². The first-order valence-corrected chi connectivity index (χ1v) is 6.07. The average Bonchev–Trinajstić information content (AvgIpc) is 2.51. The molecular weight excluding hydrogens is 240 g/mol. The van der Waals surface area contributed by atoms with E-state index in [0.29, 0.717) is 0 Å². The molecule has 3 heteroatoms. The Kier molecular flexibility index (Phi) is 4.32. The summed E-state index contributed by atoms with van der Waals surface area (Å²) in [7, 11) is 4.67. The van der Waals surface area contributed by atoms with Gasteiger partial charge in [0.05, 0.1) is 0 Å². The molecule has 0 saturated carbocycles. The van der Waals surface area contributed by atoms with Crippen molar-refractivity contribution in [3.8, 4) is 11.1 Å². The topological polar surface area (TPSA) is 27.7 Å². The largest absolute Gasteiger partial charge is 0.327 e. The molecule has 0 bridgehead atoms. The molecule has 0 aromatic heterocycles. The van der Waals surface area contributed by atoms with E-state index in [1.165, 1.54) is 0 Å². The third kappa shape index (κ3) is 2.68. The van der Waals surface area contributed by atoms with Gasteiger partial charge in [-0.25, -0.2) is 0 Å². The predicted octanol–water partition coefficient (Wildman–Crippen LogP) is 3.40. The van der Waals surface area contributed by atoms with Crippen molar-refractivity contribution in [2.45, 2.75) is 5.97 Å². The fourth-order valence-electron chi connectivity index (χ4n) is 2.12. The molecule has 0 N–H and O–H groups in total. The van der Waals surface area contributed by atoms with Crippen molar-refractivity contribution in [3.63, 3.8) is 0 Å². The number of benzene rings is 2. The van der Waals surface area contributed by atoms with Crippen molar-refractivity contribution in [2.24, 2.45) is 0 Å². The molecule has 0 heterocycles. The third-order valence-electron chi connectivity index (χ3n) is 3.13. The molecule has 2 aromatic rings. The molecular formula is C16H18O3. The third-order valence-corrected chi connectivity index (χ3v) is 3.13. The minimum Gasteiger partial charge on any atom is -0.327 e. The number of methoxy groups -OCH3 is 3. The molecule has 2 rings (SSSR count). The number of hydrogen-bond acceptors (Lipinski definition) is 3. The molecule has 2 aromatic carbocycles. The van der Waals surface area contributed by atoms with E-state index in [0.717, 1.165) is 16.7 Å². The molecule has 0 radical (unpaired) electrons. The van der Waals surface area contributed by atoms with Crippen LogP contribution >= 0.6 is 0 Å². The fraction of sp³-hybridized carbons (Fsp3) is 0.250. The summed E-state index contributed by atoms with van der Waals surface area (Å²) in [4.78, 5) is 0. The zero-order chi connectivity index (χ0) is 13.7. The second-order valence-corrected chi connectivity index (χ2v) is 4.12. The highest BCUT2D eigenvalue weighted by molar-refractivity contribution is 5.64. The van der Waals surface area contributed by atoms with Crippen molar-refractivity contribution in [1.82, 2.24) is 0 Å². The minimum atomic E-state index is -1.16. The Labute approximate surface area is 113 Å². The van der Waals surface area contributed by atoms with Crippen molar-refractivity contribution in [2.75, 3.05) is 21.3 Å². The maximum atomic E-state index is 5.37. The second-order valence-electron chi connectivity index (χ2n) is 4.12. The Morgan fingerprint density at radius 2 is 1.26 bits per heavy atom. The maximum absolute atomic E-state index is 5.37. The molecule has 0 fully saturated rings. The highest BCUT2D eigenvalue weighted by Crippen LogP contribution is 2.30. The van der Waals surface area contributed by atoms with Crippen LogP contribution in [0.1, 0.15) is 5.56 Å². The first-order valence-electron chi connectivity index (χ1n) is 6.07. The van der Waals surface area contributed by atoms with E-state index >= 15 is 0 Å². The van der Waals surface area contributed by atoms with E-state index in [4.69, 9.17) is 14.2 Å². The summed E-state index contributed by atoms with van der Waals surface area (Å²) in [5.74, 6) is -1.16. The van der Waals surface area contributed by atoms with Crippen LogP contribution in [0.5, 0.6) is 0 Å². The highest BCUT2D eigenvalue weighted by Gasteiger charge is 2.32. The van der Waals surface area contributed by atoms with Crippen molar-refractivity contribution in [3.05, 3.63) is 60.2 Å². The number of hydrogen-bond donors (Lipinski definition) is 0. The maximum Gasteiger partial charge on any atom is 0.311 e. The van der Waals surface area contributed by atoms with E-state index < -0.39 is 5.97 Å². The van der Waals surface area contributed by atoms with Gasteiger partial charge in [0.25, 0.3) is 0 Å². The Bertz CT molecular complexity index is 510. The highest BCUT2D eigenvalue weighted by atomic mass is 16.9. The summed E-state index contributed by atoms with van der Waals surface area (Å²) < 4.78 is 16.1. The van der Waals surface area contributed by atoms with Gasteiger partial charge in [-0.2, -0.15) is 0 Å². The molecule has 0 aliphatic rings. The summed E-state index contributed by atoms with van der Waals surface area (Å²) in [6.07, 6.45) is 0. The molecule has 19 heavy (non-hydrogen) atoms. The Balaban J connectivity index is 2.45. The summed E-state index contributed by atoms with van der Waals surface area (Å²) in [6.45, 7) is 0. The van der Waals surface area contributed by atoms with Gasteiger partial charge in [-0.1, -0.05) is 48.5 Å². The first kappa shape index (κ1) is 13.7. The van der Waals surface area contributed by atoms with Crippen LogP contribution in [-0.4, -0.2) is 21.3 Å². The monoisotopic (exact) mass is 258 g/mol. The molecule has 0 amide bonds. The minimum absolute atomic E-state index is 0.821. The van der Waals surface area contributed by atoms with Crippen LogP contribution < -0.4 is 0 Å². The molecule has 0 aliphatic carbocycles. The molecule has 3 nitrogen and oxygen atoms in total. The summed E-state index contributed by atoms with van der Waals surface area (Å²) in [5.41, 5.74) is 3.05. The zero-order valence-corrected chi connectivity index (χ0v) is 11.4. The number of ether oxygens (including phenoxy) is 3. The van der Waals surface area contributed by atoms with Gasteiger partial charge in [0.15, 0.2) is 0 Å². The van der Waals surface area contributed by atoms with E-state index in [1.807, 2.05) is 42.5 Å². The van der Waals surface area contributed by atoms with Gasteiger partial charge in [0.2, 0.25) is 0 Å². The van der Waals surface area contributed by atoms with Gasteiger partial charge in [-0.05, 0) is 17.2 Å². The summed E-state index contributed by atoms with van der Waals surface area (Å²) in [6, 6.07) is 18.1. The van der Waals surface area contributed by atoms with Gasteiger partial charge in [0.1, 0.15) is 0 Å². The van der Waals surface area contributed by atoms with E-state index in [-0.39, 0.29) is 0 Å². The quantitative estimate of drug-likeness (QED) is 0.769. The lowest BCUT2D eigenvalue weighted by atomic mass is 10.0. The second kappa shape index (κ2) is 5.97. The average molecular weight is 258 g/mol. The molecule has 0 saturated heterocycles. The molecule has 0 aliphatic heterocycles. The van der Waals surface area contributed by atoms with Gasteiger partial charge < -0.3 is 14.2 Å². The summed E-state index contributed by atoms with van der Waals surface area (Å²) >= 11 is 0.